The molecule has 2 aromatic rings. The van der Waals surface area contributed by atoms with E-state index in [4.69, 9.17) is 5.11 Å². The first-order chi connectivity index (χ1) is 7.72. The summed E-state index contributed by atoms with van der Waals surface area (Å²) in [4.78, 5) is 24.6. The maximum absolute atomic E-state index is 11.0. The summed E-state index contributed by atoms with van der Waals surface area (Å²) in [5.74, 6) is -1.04. The van der Waals surface area contributed by atoms with Crippen LogP contribution in [0.5, 0.6) is 0 Å². The monoisotopic (exact) mass is 213 g/mol. The van der Waals surface area contributed by atoms with Crippen LogP contribution in [0.3, 0.4) is 0 Å². The fraction of sp³-hybridized carbons (Fsp3) is 0. The Labute approximate surface area is 90.9 Å². The van der Waals surface area contributed by atoms with Crippen molar-refractivity contribution in [3.05, 3.63) is 42.0 Å². The van der Waals surface area contributed by atoms with Gasteiger partial charge < -0.3 is 5.11 Å². The molecule has 0 atom stereocenters. The zero-order chi connectivity index (χ0) is 11.5. The second-order valence-electron chi connectivity index (χ2n) is 3.22. The van der Waals surface area contributed by atoms with Gasteiger partial charge >= 0.3 is 5.97 Å². The number of nitrogens with zero attached hydrogens (tertiary/aromatic N) is 1. The average Bonchev–Trinajstić information content (AvgIpc) is 2.28. The maximum Gasteiger partial charge on any atom is 0.336 e. The number of hydrogen-bond acceptors (Lipinski definition) is 3. The number of carboxylic acids is 1. The van der Waals surface area contributed by atoms with Gasteiger partial charge in [0.05, 0.1) is 11.3 Å². The molecule has 2 rings (SSSR count). The smallest absolute Gasteiger partial charge is 0.336 e. The summed E-state index contributed by atoms with van der Waals surface area (Å²) in [5.41, 5.74) is 0.429. The molecule has 0 bridgehead atoms. The quantitative estimate of drug-likeness (QED) is 0.615. The number of fused-ring (bicyclic) bond motifs is 1. The van der Waals surface area contributed by atoms with Crippen molar-refractivity contribution in [1.29, 1.82) is 0 Å². The van der Waals surface area contributed by atoms with Gasteiger partial charge in [-0.25, -0.2) is 9.59 Å². The molecule has 0 radical (unpaired) electrons. The van der Waals surface area contributed by atoms with E-state index < -0.39 is 5.97 Å². The first kappa shape index (κ1) is 10.1. The maximum atomic E-state index is 11.0. The third-order valence-electron chi connectivity index (χ3n) is 2.25. The number of carbonyl (C=O) groups excluding carboxylic acids is 1. The third-order valence-corrected chi connectivity index (χ3v) is 2.25. The van der Waals surface area contributed by atoms with Gasteiger partial charge in [0.15, 0.2) is 0 Å². The van der Waals surface area contributed by atoms with Crippen molar-refractivity contribution in [3.63, 3.8) is 0 Å². The number of isocyanates is 1. The number of carboxylic acid groups (broad SMARTS) is 1. The van der Waals surface area contributed by atoms with Crippen LogP contribution >= 0.6 is 0 Å². The van der Waals surface area contributed by atoms with Crippen LogP contribution in [0.2, 0.25) is 0 Å². The van der Waals surface area contributed by atoms with Crippen molar-refractivity contribution >= 4 is 28.5 Å². The molecule has 0 saturated heterocycles. The van der Waals surface area contributed by atoms with E-state index >= 15 is 0 Å². The minimum absolute atomic E-state index is 0.132. The largest absolute Gasteiger partial charge is 0.478 e. The molecular weight excluding hydrogens is 206 g/mol. The van der Waals surface area contributed by atoms with E-state index in [2.05, 4.69) is 4.99 Å². The van der Waals surface area contributed by atoms with Gasteiger partial charge in [-0.3, -0.25) is 0 Å². The topological polar surface area (TPSA) is 66.7 Å². The zero-order valence-electron chi connectivity index (χ0n) is 8.18. The summed E-state index contributed by atoms with van der Waals surface area (Å²) in [5, 5.41) is 10.4. The summed E-state index contributed by atoms with van der Waals surface area (Å²) >= 11 is 0. The summed E-state index contributed by atoms with van der Waals surface area (Å²) in [6.45, 7) is 0. The van der Waals surface area contributed by atoms with Crippen molar-refractivity contribution < 1.29 is 14.7 Å². The fourth-order valence-corrected chi connectivity index (χ4v) is 1.59. The predicted molar refractivity (Wildman–Crippen MR) is 58.7 cm³/mol. The lowest BCUT2D eigenvalue weighted by atomic mass is 10.0. The molecular formula is C12H7NO3. The molecule has 4 heteroatoms. The van der Waals surface area contributed by atoms with E-state index in [-0.39, 0.29) is 5.56 Å². The third kappa shape index (κ3) is 1.69. The van der Waals surface area contributed by atoms with Crippen LogP contribution in [0.4, 0.5) is 5.69 Å². The van der Waals surface area contributed by atoms with E-state index in [1.165, 1.54) is 12.1 Å². The molecule has 78 valence electrons. The molecule has 0 aliphatic heterocycles. The summed E-state index contributed by atoms with van der Waals surface area (Å²) < 4.78 is 0. The fourth-order valence-electron chi connectivity index (χ4n) is 1.59. The van der Waals surface area contributed by atoms with Crippen LogP contribution in [0.25, 0.3) is 10.8 Å². The minimum atomic E-state index is -1.04. The van der Waals surface area contributed by atoms with Crippen molar-refractivity contribution in [1.82, 2.24) is 0 Å². The molecule has 16 heavy (non-hydrogen) atoms. The molecule has 0 fully saturated rings. The lowest BCUT2D eigenvalue weighted by Crippen LogP contribution is -1.97. The minimum Gasteiger partial charge on any atom is -0.478 e. The van der Waals surface area contributed by atoms with E-state index in [1.807, 2.05) is 0 Å². The second-order valence-corrected chi connectivity index (χ2v) is 3.22. The van der Waals surface area contributed by atoms with Crippen molar-refractivity contribution in [2.75, 3.05) is 0 Å². The molecule has 0 aliphatic rings. The Kier molecular flexibility index (Phi) is 2.50. The van der Waals surface area contributed by atoms with Gasteiger partial charge in [0.2, 0.25) is 6.08 Å². The van der Waals surface area contributed by atoms with E-state index in [0.717, 1.165) is 5.39 Å². The van der Waals surface area contributed by atoms with Crippen LogP contribution in [0.1, 0.15) is 10.4 Å². The highest BCUT2D eigenvalue weighted by Gasteiger charge is 2.09. The number of hydrogen-bond donors (Lipinski definition) is 1. The molecule has 4 nitrogen and oxygen atoms in total. The molecule has 0 spiro atoms. The van der Waals surface area contributed by atoms with Crippen molar-refractivity contribution in [2.45, 2.75) is 0 Å². The van der Waals surface area contributed by atoms with Crippen molar-refractivity contribution in [2.24, 2.45) is 4.99 Å². The lowest BCUT2D eigenvalue weighted by molar-refractivity contribution is 0.0699. The van der Waals surface area contributed by atoms with E-state index in [9.17, 15) is 9.59 Å². The van der Waals surface area contributed by atoms with Gasteiger partial charge in [0, 0.05) is 0 Å². The Bertz CT molecular complexity index is 613. The Morgan fingerprint density at radius 2 is 2.00 bits per heavy atom. The molecule has 0 aromatic heterocycles. The Hall–Kier alpha value is -2.45. The molecule has 2 aromatic carbocycles. The highest BCUT2D eigenvalue weighted by molar-refractivity contribution is 6.05. The first-order valence-corrected chi connectivity index (χ1v) is 4.56. The van der Waals surface area contributed by atoms with Crippen LogP contribution < -0.4 is 0 Å². The van der Waals surface area contributed by atoms with Crippen LogP contribution in [0, 0.1) is 0 Å². The number of carbonyl (C=O) groups is 1. The molecule has 1 N–H and O–H groups in total. The van der Waals surface area contributed by atoms with Gasteiger partial charge in [0.25, 0.3) is 0 Å². The lowest BCUT2D eigenvalue weighted by Gasteiger charge is -2.03. The zero-order valence-corrected chi connectivity index (χ0v) is 8.18. The van der Waals surface area contributed by atoms with Crippen LogP contribution in [-0.2, 0) is 4.79 Å². The predicted octanol–water partition coefficient (Wildman–Crippen LogP) is 2.51. The van der Waals surface area contributed by atoms with Gasteiger partial charge in [-0.1, -0.05) is 24.3 Å². The molecule has 0 aliphatic carbocycles. The summed E-state index contributed by atoms with van der Waals surface area (Å²) in [7, 11) is 0. The average molecular weight is 213 g/mol. The Morgan fingerprint density at radius 3 is 2.69 bits per heavy atom. The highest BCUT2D eigenvalue weighted by atomic mass is 16.4. The second kappa shape index (κ2) is 3.96. The van der Waals surface area contributed by atoms with E-state index in [0.29, 0.717) is 11.1 Å². The standard InChI is InChI=1S/C12H7NO3/c14-7-13-9-5-8-3-1-2-4-10(8)11(6-9)12(15)16/h1-6H,(H,15,16). The van der Waals surface area contributed by atoms with Gasteiger partial charge in [-0.05, 0) is 22.9 Å². The summed E-state index contributed by atoms with van der Waals surface area (Å²) in [6, 6.07) is 10.0. The number of aliphatic imine (C=N–C) groups is 1. The van der Waals surface area contributed by atoms with Gasteiger partial charge in [-0.2, -0.15) is 4.99 Å². The highest BCUT2D eigenvalue weighted by Crippen LogP contribution is 2.25. The number of benzene rings is 2. The van der Waals surface area contributed by atoms with Crippen LogP contribution in [-0.4, -0.2) is 17.2 Å². The Balaban J connectivity index is 2.83. The van der Waals surface area contributed by atoms with Gasteiger partial charge in [0.1, 0.15) is 0 Å². The molecule has 0 amide bonds. The normalized spacial score (nSPS) is 9.75. The number of aromatic carboxylic acids is 1. The SMILES string of the molecule is O=C=Nc1cc(C(=O)O)c2ccccc2c1. The van der Waals surface area contributed by atoms with Crippen molar-refractivity contribution in [3.8, 4) is 0 Å². The van der Waals surface area contributed by atoms with Crippen LogP contribution in [0.15, 0.2) is 41.4 Å². The van der Waals surface area contributed by atoms with Gasteiger partial charge in [-0.15, -0.1) is 0 Å². The Morgan fingerprint density at radius 1 is 1.25 bits per heavy atom. The molecule has 0 unspecified atom stereocenters. The summed E-state index contributed by atoms with van der Waals surface area (Å²) in [6.07, 6.45) is 1.40. The molecule has 0 saturated carbocycles. The first-order valence-electron chi connectivity index (χ1n) is 4.56. The number of rotatable bonds is 2. The van der Waals surface area contributed by atoms with E-state index in [1.54, 1.807) is 30.3 Å². The molecule has 0 heterocycles.